The Morgan fingerprint density at radius 2 is 1.25 bits per heavy atom. The van der Waals surface area contributed by atoms with Crippen molar-refractivity contribution < 1.29 is 33.8 Å². The van der Waals surface area contributed by atoms with Gasteiger partial charge in [0, 0.05) is 29.3 Å². The minimum atomic E-state index is -1.41. The number of nitro benzene ring substituents is 3. The Hall–Kier alpha value is -5.98. The summed E-state index contributed by atoms with van der Waals surface area (Å²) in [5.74, 6) is -1.60. The van der Waals surface area contributed by atoms with E-state index in [0.717, 1.165) is 18.2 Å². The van der Waals surface area contributed by atoms with Crippen molar-refractivity contribution >= 4 is 28.8 Å². The van der Waals surface area contributed by atoms with Crippen molar-refractivity contribution in [2.24, 2.45) is 0 Å². The predicted molar refractivity (Wildman–Crippen MR) is 138 cm³/mol. The number of non-ortho nitro benzene ring substituents is 2. The van der Waals surface area contributed by atoms with Gasteiger partial charge < -0.3 is 9.47 Å². The van der Waals surface area contributed by atoms with Gasteiger partial charge in [-0.3, -0.25) is 35.1 Å². The van der Waals surface area contributed by atoms with Gasteiger partial charge in [0.15, 0.2) is 6.10 Å². The van der Waals surface area contributed by atoms with Crippen molar-refractivity contribution in [1.82, 2.24) is 0 Å². The van der Waals surface area contributed by atoms with Crippen LogP contribution in [0.3, 0.4) is 0 Å². The van der Waals surface area contributed by atoms with Crippen molar-refractivity contribution in [2.75, 3.05) is 0 Å². The van der Waals surface area contributed by atoms with Gasteiger partial charge in [0.2, 0.25) is 11.5 Å². The Bertz CT molecular complexity index is 1600. The van der Waals surface area contributed by atoms with Crippen molar-refractivity contribution in [2.45, 2.75) is 6.10 Å². The molecule has 13 nitrogen and oxygen atoms in total. The molecule has 0 fully saturated rings. The average Bonchev–Trinajstić information content (AvgIpc) is 2.96. The maximum absolute atomic E-state index is 13.2. The van der Waals surface area contributed by atoms with Crippen LogP contribution >= 0.6 is 0 Å². The number of rotatable bonds is 10. The Morgan fingerprint density at radius 1 is 0.650 bits per heavy atom. The summed E-state index contributed by atoms with van der Waals surface area (Å²) in [6.07, 6.45) is -1.41. The number of carbonyl (C=O) groups is 2. The van der Waals surface area contributed by atoms with E-state index in [1.807, 2.05) is 0 Å². The van der Waals surface area contributed by atoms with Crippen molar-refractivity contribution in [3.8, 4) is 11.5 Å². The molecule has 4 aromatic rings. The molecular formula is C27H17N3O10. The second kappa shape index (κ2) is 11.6. The molecule has 0 saturated heterocycles. The van der Waals surface area contributed by atoms with Crippen LogP contribution in [0.15, 0.2) is 97.1 Å². The summed E-state index contributed by atoms with van der Waals surface area (Å²) in [7, 11) is 0. The molecule has 0 radical (unpaired) electrons. The van der Waals surface area contributed by atoms with E-state index in [0.29, 0.717) is 0 Å². The molecule has 13 heteroatoms. The van der Waals surface area contributed by atoms with E-state index in [9.17, 15) is 39.9 Å². The summed E-state index contributed by atoms with van der Waals surface area (Å²) >= 11 is 0. The molecule has 4 rings (SSSR count). The lowest BCUT2D eigenvalue weighted by Crippen LogP contribution is -2.20. The Morgan fingerprint density at radius 3 is 1.82 bits per heavy atom. The minimum absolute atomic E-state index is 0.0123. The molecule has 0 amide bonds. The van der Waals surface area contributed by atoms with Gasteiger partial charge in [0.05, 0.1) is 26.4 Å². The summed E-state index contributed by atoms with van der Waals surface area (Å²) < 4.78 is 11.0. The first-order chi connectivity index (χ1) is 19.1. The highest BCUT2D eigenvalue weighted by Gasteiger charge is 2.28. The number of benzene rings is 4. The van der Waals surface area contributed by atoms with Crippen LogP contribution in [0.25, 0.3) is 0 Å². The third-order valence-electron chi connectivity index (χ3n) is 5.60. The highest BCUT2D eigenvalue weighted by Crippen LogP contribution is 2.34. The molecule has 0 unspecified atom stereocenters. The Labute approximate surface area is 224 Å². The number of hydrogen-bond donors (Lipinski definition) is 0. The standard InChI is InChI=1S/C27H17N3O10/c31-25(17-4-2-1-3-5-17)26(18-6-10-20(11-7-18)28(33)34)40-27(32)19-8-13-22(14-9-19)39-24-15-12-21(29(35)36)16-23(24)30(37)38/h1-16,26H/t26-/m1/s1. The van der Waals surface area contributed by atoms with E-state index in [2.05, 4.69) is 0 Å². The fraction of sp³-hybridized carbons (Fsp3) is 0.0370. The SMILES string of the molecule is O=C(O[C@@H](C(=O)c1ccccc1)c1ccc([N+](=O)[O-])cc1)c1ccc(Oc2ccc([N+](=O)[O-])cc2[N+](=O)[O-])cc1. The van der Waals surface area contributed by atoms with Crippen LogP contribution in [0.4, 0.5) is 17.1 Å². The van der Waals surface area contributed by atoms with Gasteiger partial charge in [-0.05, 0) is 42.5 Å². The molecule has 0 saturated carbocycles. The van der Waals surface area contributed by atoms with E-state index in [1.165, 1.54) is 60.7 Å². The molecule has 0 aliphatic heterocycles. The number of ketones is 1. The first-order valence-electron chi connectivity index (χ1n) is 11.4. The van der Waals surface area contributed by atoms with Gasteiger partial charge >= 0.3 is 11.7 Å². The molecule has 1 atom stereocenters. The quantitative estimate of drug-likeness (QED) is 0.0997. The van der Waals surface area contributed by atoms with Crippen LogP contribution in [0, 0.1) is 30.3 Å². The third-order valence-corrected chi connectivity index (χ3v) is 5.60. The van der Waals surface area contributed by atoms with E-state index in [4.69, 9.17) is 9.47 Å². The van der Waals surface area contributed by atoms with E-state index >= 15 is 0 Å². The molecule has 4 aromatic carbocycles. The minimum Gasteiger partial charge on any atom is -0.450 e. The predicted octanol–water partition coefficient (Wildman–Crippen LogP) is 5.98. The normalized spacial score (nSPS) is 11.2. The number of nitrogens with zero attached hydrogens (tertiary/aromatic N) is 3. The zero-order valence-corrected chi connectivity index (χ0v) is 20.2. The molecule has 0 bridgehead atoms. The molecule has 200 valence electrons. The molecule has 0 aliphatic carbocycles. The van der Waals surface area contributed by atoms with Gasteiger partial charge in [-0.2, -0.15) is 0 Å². The van der Waals surface area contributed by atoms with Crippen LogP contribution < -0.4 is 4.74 Å². The lowest BCUT2D eigenvalue weighted by molar-refractivity contribution is -0.394. The molecule has 0 aliphatic rings. The summed E-state index contributed by atoms with van der Waals surface area (Å²) in [6.45, 7) is 0. The number of carbonyl (C=O) groups excluding carboxylic acids is 2. The van der Waals surface area contributed by atoms with Crippen molar-refractivity contribution in [1.29, 1.82) is 0 Å². The molecule has 40 heavy (non-hydrogen) atoms. The Balaban J connectivity index is 1.56. The topological polar surface area (TPSA) is 182 Å². The lowest BCUT2D eigenvalue weighted by atomic mass is 9.99. The zero-order chi connectivity index (χ0) is 28.8. The lowest BCUT2D eigenvalue weighted by Gasteiger charge is -2.17. The second-order valence-electron chi connectivity index (χ2n) is 8.16. The fourth-order valence-electron chi connectivity index (χ4n) is 3.61. The number of hydrogen-bond acceptors (Lipinski definition) is 10. The summed E-state index contributed by atoms with van der Waals surface area (Å²) in [6, 6.07) is 21.2. The van der Waals surface area contributed by atoms with Gasteiger partial charge in [-0.15, -0.1) is 0 Å². The van der Waals surface area contributed by atoms with Gasteiger partial charge in [0.25, 0.3) is 11.4 Å². The highest BCUT2D eigenvalue weighted by atomic mass is 16.6. The summed E-state index contributed by atoms with van der Waals surface area (Å²) in [5.41, 5.74) is -0.818. The van der Waals surface area contributed by atoms with E-state index in [1.54, 1.807) is 18.2 Å². The van der Waals surface area contributed by atoms with Crippen LogP contribution in [0.2, 0.25) is 0 Å². The van der Waals surface area contributed by atoms with Gasteiger partial charge in [0.1, 0.15) is 5.75 Å². The van der Waals surface area contributed by atoms with Gasteiger partial charge in [-0.25, -0.2) is 4.79 Å². The average molecular weight is 543 g/mol. The van der Waals surface area contributed by atoms with Crippen LogP contribution in [0.1, 0.15) is 32.4 Å². The van der Waals surface area contributed by atoms with Crippen molar-refractivity contribution in [3.63, 3.8) is 0 Å². The number of Topliss-reactive ketones (excluding diaryl/α,β-unsaturated/α-hetero) is 1. The smallest absolute Gasteiger partial charge is 0.339 e. The number of ether oxygens (including phenoxy) is 2. The number of nitro groups is 3. The monoisotopic (exact) mass is 543 g/mol. The maximum Gasteiger partial charge on any atom is 0.339 e. The van der Waals surface area contributed by atoms with Crippen molar-refractivity contribution in [3.05, 3.63) is 144 Å². The molecule has 0 spiro atoms. The second-order valence-corrected chi connectivity index (χ2v) is 8.16. The number of esters is 1. The van der Waals surface area contributed by atoms with Crippen LogP contribution in [-0.4, -0.2) is 26.5 Å². The molecular weight excluding hydrogens is 526 g/mol. The zero-order valence-electron chi connectivity index (χ0n) is 20.2. The first kappa shape index (κ1) is 27.1. The highest BCUT2D eigenvalue weighted by molar-refractivity contribution is 6.02. The van der Waals surface area contributed by atoms with Gasteiger partial charge in [-0.1, -0.05) is 30.3 Å². The molecule has 0 heterocycles. The van der Waals surface area contributed by atoms with E-state index < -0.39 is 44.0 Å². The summed E-state index contributed by atoms with van der Waals surface area (Å²) in [4.78, 5) is 57.3. The fourth-order valence-corrected chi connectivity index (χ4v) is 3.61. The van der Waals surface area contributed by atoms with Crippen LogP contribution in [-0.2, 0) is 4.74 Å². The van der Waals surface area contributed by atoms with E-state index in [-0.39, 0.29) is 33.9 Å². The molecule has 0 N–H and O–H groups in total. The molecule has 0 aromatic heterocycles. The summed E-state index contributed by atoms with van der Waals surface area (Å²) in [5, 5.41) is 33.3. The Kier molecular flexibility index (Phi) is 7.85. The largest absolute Gasteiger partial charge is 0.450 e. The van der Waals surface area contributed by atoms with Crippen LogP contribution in [0.5, 0.6) is 11.5 Å². The first-order valence-corrected chi connectivity index (χ1v) is 11.4. The maximum atomic E-state index is 13.2. The third kappa shape index (κ3) is 6.11.